The summed E-state index contributed by atoms with van der Waals surface area (Å²) in [5, 5.41) is 0. The first-order valence-corrected chi connectivity index (χ1v) is 11.1. The Kier molecular flexibility index (Phi) is 4.20. The van der Waals surface area contributed by atoms with Crippen LogP contribution >= 0.6 is 0 Å². The van der Waals surface area contributed by atoms with E-state index in [2.05, 4.69) is 6.08 Å². The highest BCUT2D eigenvalue weighted by molar-refractivity contribution is 6.01. The Morgan fingerprint density at radius 1 is 0.935 bits per heavy atom. The first kappa shape index (κ1) is 18.7. The van der Waals surface area contributed by atoms with E-state index in [1.165, 1.54) is 6.42 Å². The molecule has 31 heavy (non-hydrogen) atoms. The average molecular weight is 416 g/mol. The molecule has 6 rings (SSSR count). The van der Waals surface area contributed by atoms with Crippen LogP contribution in [0.3, 0.4) is 0 Å². The fourth-order valence-electron chi connectivity index (χ4n) is 5.53. The lowest BCUT2D eigenvalue weighted by Gasteiger charge is -2.42. The van der Waals surface area contributed by atoms with Gasteiger partial charge in [-0.3, -0.25) is 9.59 Å². The van der Waals surface area contributed by atoms with Crippen LogP contribution in [0.2, 0.25) is 0 Å². The Labute approximate surface area is 181 Å². The average Bonchev–Trinajstić information content (AvgIpc) is 2.78. The molecular formula is C26H24O5. The molecule has 1 aliphatic carbocycles. The monoisotopic (exact) mass is 416 g/mol. The largest absolute Gasteiger partial charge is 0.489 e. The van der Waals surface area contributed by atoms with Crippen molar-refractivity contribution in [2.24, 2.45) is 0 Å². The van der Waals surface area contributed by atoms with E-state index in [1.807, 2.05) is 24.3 Å². The van der Waals surface area contributed by atoms with Crippen LogP contribution in [0, 0.1) is 0 Å². The van der Waals surface area contributed by atoms with E-state index in [9.17, 15) is 9.59 Å². The molecule has 0 saturated heterocycles. The quantitative estimate of drug-likeness (QED) is 0.471. The van der Waals surface area contributed by atoms with Gasteiger partial charge < -0.3 is 14.2 Å². The molecule has 0 amide bonds. The second kappa shape index (κ2) is 6.98. The summed E-state index contributed by atoms with van der Waals surface area (Å²) in [4.78, 5) is 25.6. The lowest BCUT2D eigenvalue weighted by molar-refractivity contribution is -0.135. The minimum absolute atomic E-state index is 0.126. The summed E-state index contributed by atoms with van der Waals surface area (Å²) in [5.74, 6) is 1.58. The number of ketones is 1. The van der Waals surface area contributed by atoms with Gasteiger partial charge in [0.15, 0.2) is 5.78 Å². The van der Waals surface area contributed by atoms with Gasteiger partial charge in [0.25, 0.3) is 0 Å². The molecule has 3 aliphatic heterocycles. The molecule has 158 valence electrons. The Hall–Kier alpha value is -3.08. The standard InChI is InChI=1S/C26H24O5/c27-20-14-26(10-4-1-5-11-26)31-25-18(20)8-9-22-24(25)19(13-23(28)30-22)17-12-16-6-2-3-7-21(16)29-15-17/h2-3,6-9,12,19H,1,4-5,10-11,13-15H2. The number of carbonyl (C=O) groups excluding carboxylic acids is 2. The molecule has 3 heterocycles. The molecule has 1 saturated carbocycles. The van der Waals surface area contributed by atoms with Gasteiger partial charge in [0.05, 0.1) is 18.4 Å². The van der Waals surface area contributed by atoms with Gasteiger partial charge in [0.1, 0.15) is 29.5 Å². The maximum absolute atomic E-state index is 13.1. The van der Waals surface area contributed by atoms with E-state index in [0.29, 0.717) is 30.1 Å². The van der Waals surface area contributed by atoms with E-state index in [4.69, 9.17) is 14.2 Å². The number of ether oxygens (including phenoxy) is 3. The van der Waals surface area contributed by atoms with Gasteiger partial charge in [-0.1, -0.05) is 24.6 Å². The highest BCUT2D eigenvalue weighted by Crippen LogP contribution is 2.51. The zero-order chi connectivity index (χ0) is 21.0. The van der Waals surface area contributed by atoms with Crippen molar-refractivity contribution >= 4 is 17.8 Å². The number of hydrogen-bond donors (Lipinski definition) is 0. The summed E-state index contributed by atoms with van der Waals surface area (Å²) in [5.41, 5.74) is 3.01. The number of fused-ring (bicyclic) bond motifs is 4. The summed E-state index contributed by atoms with van der Waals surface area (Å²) in [6, 6.07) is 11.4. The first-order valence-electron chi connectivity index (χ1n) is 11.1. The number of para-hydroxylation sites is 1. The van der Waals surface area contributed by atoms with Crippen molar-refractivity contribution in [1.82, 2.24) is 0 Å². The number of Topliss-reactive ketones (excluding diaryl/α,β-unsaturated/α-hetero) is 1. The molecule has 0 aromatic heterocycles. The summed E-state index contributed by atoms with van der Waals surface area (Å²) < 4.78 is 18.3. The van der Waals surface area contributed by atoms with E-state index >= 15 is 0 Å². The van der Waals surface area contributed by atoms with Crippen molar-refractivity contribution in [3.8, 4) is 17.2 Å². The second-order valence-corrected chi connectivity index (χ2v) is 9.08. The topological polar surface area (TPSA) is 61.8 Å². The highest BCUT2D eigenvalue weighted by Gasteiger charge is 2.45. The molecule has 0 N–H and O–H groups in total. The Balaban J connectivity index is 1.48. The van der Waals surface area contributed by atoms with Gasteiger partial charge in [-0.05, 0) is 55.5 Å². The van der Waals surface area contributed by atoms with Crippen LogP contribution in [0.5, 0.6) is 17.2 Å². The molecule has 0 bridgehead atoms. The van der Waals surface area contributed by atoms with Crippen LogP contribution < -0.4 is 14.2 Å². The first-order chi connectivity index (χ1) is 15.1. The lowest BCUT2D eigenvalue weighted by Crippen LogP contribution is -2.44. The van der Waals surface area contributed by atoms with E-state index in [0.717, 1.165) is 48.1 Å². The van der Waals surface area contributed by atoms with E-state index in [-0.39, 0.29) is 24.1 Å². The summed E-state index contributed by atoms with van der Waals surface area (Å²) in [7, 11) is 0. The predicted octanol–water partition coefficient (Wildman–Crippen LogP) is 5.22. The summed E-state index contributed by atoms with van der Waals surface area (Å²) in [6.45, 7) is 0.400. The highest BCUT2D eigenvalue weighted by atomic mass is 16.5. The Morgan fingerprint density at radius 2 is 1.77 bits per heavy atom. The van der Waals surface area contributed by atoms with Gasteiger partial charge in [-0.2, -0.15) is 0 Å². The molecule has 1 atom stereocenters. The molecule has 1 unspecified atom stereocenters. The van der Waals surface area contributed by atoms with Gasteiger partial charge in [-0.25, -0.2) is 0 Å². The van der Waals surface area contributed by atoms with Crippen LogP contribution in [-0.4, -0.2) is 24.0 Å². The molecule has 0 radical (unpaired) electrons. The number of carbonyl (C=O) groups is 2. The smallest absolute Gasteiger partial charge is 0.312 e. The van der Waals surface area contributed by atoms with Crippen LogP contribution in [0.1, 0.15) is 72.3 Å². The predicted molar refractivity (Wildman–Crippen MR) is 115 cm³/mol. The zero-order valence-corrected chi connectivity index (χ0v) is 17.3. The third-order valence-corrected chi connectivity index (χ3v) is 7.07. The van der Waals surface area contributed by atoms with Crippen molar-refractivity contribution in [1.29, 1.82) is 0 Å². The molecule has 5 heteroatoms. The van der Waals surface area contributed by atoms with Crippen molar-refractivity contribution < 1.29 is 23.8 Å². The van der Waals surface area contributed by atoms with Gasteiger partial charge in [-0.15, -0.1) is 0 Å². The van der Waals surface area contributed by atoms with Crippen molar-refractivity contribution in [3.05, 3.63) is 58.7 Å². The molecule has 1 fully saturated rings. The van der Waals surface area contributed by atoms with Crippen molar-refractivity contribution in [2.45, 2.75) is 56.5 Å². The van der Waals surface area contributed by atoms with Crippen molar-refractivity contribution in [2.75, 3.05) is 6.61 Å². The molecule has 2 aromatic rings. The van der Waals surface area contributed by atoms with Gasteiger partial charge in [0.2, 0.25) is 0 Å². The molecule has 5 nitrogen and oxygen atoms in total. The van der Waals surface area contributed by atoms with Crippen molar-refractivity contribution in [3.63, 3.8) is 0 Å². The lowest BCUT2D eigenvalue weighted by atomic mass is 9.76. The molecule has 1 spiro atoms. The van der Waals surface area contributed by atoms with Crippen LogP contribution in [0.15, 0.2) is 42.0 Å². The number of rotatable bonds is 1. The Bertz CT molecular complexity index is 1120. The SMILES string of the molecule is O=C1CC(C2=Cc3ccccc3OC2)c2c(ccc3c2OC2(CCCCC2)CC3=O)O1. The minimum atomic E-state index is -0.423. The maximum atomic E-state index is 13.1. The van der Waals surface area contributed by atoms with Gasteiger partial charge in [0, 0.05) is 17.0 Å². The van der Waals surface area contributed by atoms with E-state index in [1.54, 1.807) is 12.1 Å². The maximum Gasteiger partial charge on any atom is 0.312 e. The zero-order valence-electron chi connectivity index (χ0n) is 17.3. The third kappa shape index (κ3) is 3.06. The number of esters is 1. The third-order valence-electron chi connectivity index (χ3n) is 7.07. The fourth-order valence-corrected chi connectivity index (χ4v) is 5.53. The van der Waals surface area contributed by atoms with Crippen LogP contribution in [-0.2, 0) is 4.79 Å². The number of benzene rings is 2. The molecule has 4 aliphatic rings. The Morgan fingerprint density at radius 3 is 2.65 bits per heavy atom. The normalized spacial score (nSPS) is 23.5. The summed E-state index contributed by atoms with van der Waals surface area (Å²) >= 11 is 0. The molecular weight excluding hydrogens is 392 g/mol. The van der Waals surface area contributed by atoms with Gasteiger partial charge >= 0.3 is 5.97 Å². The summed E-state index contributed by atoms with van der Waals surface area (Å²) in [6.07, 6.45) is 7.87. The minimum Gasteiger partial charge on any atom is -0.489 e. The van der Waals surface area contributed by atoms with Crippen LogP contribution in [0.4, 0.5) is 0 Å². The fraction of sp³-hybridized carbons (Fsp3) is 0.385. The number of hydrogen-bond acceptors (Lipinski definition) is 5. The van der Waals surface area contributed by atoms with E-state index < -0.39 is 5.60 Å². The molecule has 2 aromatic carbocycles. The second-order valence-electron chi connectivity index (χ2n) is 9.08. The van der Waals surface area contributed by atoms with Crippen LogP contribution in [0.25, 0.3) is 6.08 Å².